The number of hydrogen-bond donors (Lipinski definition) is 1. The number of anilines is 1. The third-order valence-corrected chi connectivity index (χ3v) is 3.00. The minimum Gasteiger partial charge on any atom is -0.463 e. The summed E-state index contributed by atoms with van der Waals surface area (Å²) >= 11 is 2.23. The van der Waals surface area contributed by atoms with Gasteiger partial charge in [0.2, 0.25) is 5.95 Å². The van der Waals surface area contributed by atoms with E-state index in [1.807, 2.05) is 31.2 Å². The number of halogens is 1. The summed E-state index contributed by atoms with van der Waals surface area (Å²) in [7, 11) is 1.73. The largest absolute Gasteiger partial charge is 0.463 e. The Labute approximate surface area is 131 Å². The highest BCUT2D eigenvalue weighted by atomic mass is 127. The maximum absolute atomic E-state index is 5.61. The molecule has 2 rings (SSSR count). The Morgan fingerprint density at radius 3 is 2.45 bits per heavy atom. The van der Waals surface area contributed by atoms with Crippen LogP contribution in [0.25, 0.3) is 0 Å². The molecule has 0 bridgehead atoms. The van der Waals surface area contributed by atoms with E-state index < -0.39 is 0 Å². The second kappa shape index (κ2) is 7.22. The number of hydrogen-bond acceptors (Lipinski definition) is 6. The zero-order valence-electron chi connectivity index (χ0n) is 11.3. The fourth-order valence-corrected chi connectivity index (χ4v) is 1.72. The lowest BCUT2D eigenvalue weighted by atomic mass is 10.3. The van der Waals surface area contributed by atoms with Gasteiger partial charge < -0.3 is 14.8 Å². The summed E-state index contributed by atoms with van der Waals surface area (Å²) in [6.45, 7) is 2.57. The summed E-state index contributed by atoms with van der Waals surface area (Å²) in [5.74, 6) is 1.08. The zero-order chi connectivity index (χ0) is 14.4. The molecule has 7 heteroatoms. The van der Waals surface area contributed by atoms with Crippen LogP contribution in [0.4, 0.5) is 5.95 Å². The van der Waals surface area contributed by atoms with Crippen molar-refractivity contribution in [3.05, 3.63) is 27.8 Å². The van der Waals surface area contributed by atoms with Gasteiger partial charge in [0.05, 0.1) is 6.61 Å². The van der Waals surface area contributed by atoms with Gasteiger partial charge in [-0.15, -0.1) is 4.98 Å². The Balaban J connectivity index is 2.19. The second-order valence-corrected chi connectivity index (χ2v) is 5.12. The molecular weight excluding hydrogens is 371 g/mol. The lowest BCUT2D eigenvalue weighted by Gasteiger charge is -2.08. The molecule has 0 aliphatic rings. The highest BCUT2D eigenvalue weighted by Crippen LogP contribution is 2.21. The second-order valence-electron chi connectivity index (χ2n) is 3.88. The molecule has 1 aromatic carbocycles. The van der Waals surface area contributed by atoms with Crippen LogP contribution in [0.1, 0.15) is 13.3 Å². The van der Waals surface area contributed by atoms with Crippen molar-refractivity contribution < 1.29 is 9.47 Å². The van der Waals surface area contributed by atoms with Gasteiger partial charge >= 0.3 is 12.0 Å². The van der Waals surface area contributed by atoms with Gasteiger partial charge in [-0.05, 0) is 53.3 Å². The van der Waals surface area contributed by atoms with Crippen molar-refractivity contribution in [2.24, 2.45) is 0 Å². The van der Waals surface area contributed by atoms with Gasteiger partial charge in [-0.25, -0.2) is 0 Å². The van der Waals surface area contributed by atoms with E-state index in [9.17, 15) is 0 Å². The van der Waals surface area contributed by atoms with Crippen LogP contribution in [0, 0.1) is 3.57 Å². The molecule has 0 saturated heterocycles. The first-order valence-electron chi connectivity index (χ1n) is 6.21. The van der Waals surface area contributed by atoms with Crippen LogP contribution in [-0.4, -0.2) is 28.6 Å². The minimum atomic E-state index is 0.205. The van der Waals surface area contributed by atoms with Crippen molar-refractivity contribution in [3.8, 4) is 17.8 Å². The Kier molecular flexibility index (Phi) is 5.33. The van der Waals surface area contributed by atoms with E-state index in [1.54, 1.807) is 7.05 Å². The normalized spacial score (nSPS) is 10.2. The van der Waals surface area contributed by atoms with Gasteiger partial charge in [-0.1, -0.05) is 6.92 Å². The molecule has 1 N–H and O–H groups in total. The number of rotatable bonds is 6. The molecular formula is C13H15IN4O2. The van der Waals surface area contributed by atoms with Gasteiger partial charge in [0.15, 0.2) is 0 Å². The molecule has 6 nitrogen and oxygen atoms in total. The molecule has 0 radical (unpaired) electrons. The van der Waals surface area contributed by atoms with E-state index in [0.717, 1.165) is 9.99 Å². The topological polar surface area (TPSA) is 69.2 Å². The van der Waals surface area contributed by atoms with E-state index in [2.05, 4.69) is 42.9 Å². The lowest BCUT2D eigenvalue weighted by molar-refractivity contribution is 0.285. The Bertz CT molecular complexity index is 563. The van der Waals surface area contributed by atoms with Crippen molar-refractivity contribution in [2.45, 2.75) is 13.3 Å². The fraction of sp³-hybridized carbons (Fsp3) is 0.308. The third kappa shape index (κ3) is 4.19. The van der Waals surface area contributed by atoms with Crippen molar-refractivity contribution in [1.82, 2.24) is 15.0 Å². The Morgan fingerprint density at radius 2 is 1.80 bits per heavy atom. The maximum atomic E-state index is 5.61. The van der Waals surface area contributed by atoms with E-state index in [0.29, 0.717) is 18.3 Å². The molecule has 0 aliphatic carbocycles. The minimum absolute atomic E-state index is 0.205. The molecule has 0 aliphatic heterocycles. The maximum Gasteiger partial charge on any atom is 0.330 e. The number of ether oxygens (including phenoxy) is 2. The van der Waals surface area contributed by atoms with Gasteiger partial charge in [-0.2, -0.15) is 9.97 Å². The van der Waals surface area contributed by atoms with Crippen LogP contribution in [0.3, 0.4) is 0 Å². The summed E-state index contributed by atoms with van der Waals surface area (Å²) in [5.41, 5.74) is 0. The van der Waals surface area contributed by atoms with Crippen LogP contribution in [0.5, 0.6) is 17.8 Å². The van der Waals surface area contributed by atoms with Gasteiger partial charge in [0.25, 0.3) is 0 Å². The van der Waals surface area contributed by atoms with E-state index in [4.69, 9.17) is 9.47 Å². The summed E-state index contributed by atoms with van der Waals surface area (Å²) in [4.78, 5) is 12.4. The smallest absolute Gasteiger partial charge is 0.330 e. The molecule has 1 heterocycles. The van der Waals surface area contributed by atoms with Crippen molar-refractivity contribution >= 4 is 28.5 Å². The van der Waals surface area contributed by atoms with Crippen molar-refractivity contribution in [1.29, 1.82) is 0 Å². The number of aromatic nitrogens is 3. The van der Waals surface area contributed by atoms with E-state index in [1.165, 1.54) is 0 Å². The van der Waals surface area contributed by atoms with Crippen LogP contribution in [-0.2, 0) is 0 Å². The molecule has 0 saturated carbocycles. The molecule has 2 aromatic rings. The predicted molar refractivity (Wildman–Crippen MR) is 84.4 cm³/mol. The molecule has 106 valence electrons. The first-order chi connectivity index (χ1) is 9.71. The number of benzene rings is 1. The van der Waals surface area contributed by atoms with Crippen molar-refractivity contribution in [3.63, 3.8) is 0 Å². The first kappa shape index (κ1) is 14.8. The summed E-state index contributed by atoms with van der Waals surface area (Å²) in [5, 5.41) is 2.86. The van der Waals surface area contributed by atoms with Gasteiger partial charge in [-0.3, -0.25) is 0 Å². The SMILES string of the molecule is CCCOc1nc(NC)nc(Oc2ccc(I)cc2)n1. The van der Waals surface area contributed by atoms with Crippen LogP contribution < -0.4 is 14.8 Å². The average molecular weight is 386 g/mol. The zero-order valence-corrected chi connectivity index (χ0v) is 13.4. The number of nitrogens with one attached hydrogen (secondary N) is 1. The highest BCUT2D eigenvalue weighted by Gasteiger charge is 2.08. The molecule has 0 spiro atoms. The van der Waals surface area contributed by atoms with E-state index >= 15 is 0 Å². The Hall–Kier alpha value is -1.64. The Morgan fingerprint density at radius 1 is 1.10 bits per heavy atom. The molecule has 20 heavy (non-hydrogen) atoms. The highest BCUT2D eigenvalue weighted by molar-refractivity contribution is 14.1. The molecule has 0 fully saturated rings. The first-order valence-corrected chi connectivity index (χ1v) is 7.29. The summed E-state index contributed by atoms with van der Waals surface area (Å²) in [6.07, 6.45) is 0.883. The molecule has 0 amide bonds. The van der Waals surface area contributed by atoms with Gasteiger partial charge in [0, 0.05) is 10.6 Å². The van der Waals surface area contributed by atoms with Gasteiger partial charge in [0.1, 0.15) is 5.75 Å². The van der Waals surface area contributed by atoms with Crippen molar-refractivity contribution in [2.75, 3.05) is 19.0 Å². The van der Waals surface area contributed by atoms with E-state index in [-0.39, 0.29) is 12.0 Å². The van der Waals surface area contributed by atoms with Crippen LogP contribution in [0.2, 0.25) is 0 Å². The fourth-order valence-electron chi connectivity index (χ4n) is 1.36. The molecule has 1 aromatic heterocycles. The summed E-state index contributed by atoms with van der Waals surface area (Å²) < 4.78 is 12.2. The van der Waals surface area contributed by atoms with Crippen LogP contribution in [0.15, 0.2) is 24.3 Å². The average Bonchev–Trinajstić information content (AvgIpc) is 2.47. The predicted octanol–water partition coefficient (Wildman–Crippen LogP) is 3.10. The molecule has 0 unspecified atom stereocenters. The lowest BCUT2D eigenvalue weighted by Crippen LogP contribution is -2.06. The summed E-state index contributed by atoms with van der Waals surface area (Å²) in [6, 6.07) is 8.08. The quantitative estimate of drug-likeness (QED) is 0.770. The number of nitrogens with zero attached hydrogens (tertiary/aromatic N) is 3. The monoisotopic (exact) mass is 386 g/mol. The standard InChI is InChI=1S/C13H15IN4O2/c1-3-8-19-12-16-11(15-2)17-13(18-12)20-10-6-4-9(14)5-7-10/h4-7H,3,8H2,1-2H3,(H,15,16,17,18). The molecule has 0 atom stereocenters. The third-order valence-electron chi connectivity index (χ3n) is 2.28. The van der Waals surface area contributed by atoms with Crippen LogP contribution >= 0.6 is 22.6 Å².